The van der Waals surface area contributed by atoms with Crippen LogP contribution in [0.25, 0.3) is 0 Å². The van der Waals surface area contributed by atoms with E-state index >= 15 is 0 Å². The highest BCUT2D eigenvalue weighted by molar-refractivity contribution is 6.06. The van der Waals surface area contributed by atoms with Gasteiger partial charge in [0.15, 0.2) is 0 Å². The van der Waals surface area contributed by atoms with Gasteiger partial charge >= 0.3 is 0 Å². The van der Waals surface area contributed by atoms with Gasteiger partial charge in [0, 0.05) is 12.0 Å². The van der Waals surface area contributed by atoms with Crippen LogP contribution in [0.3, 0.4) is 0 Å². The van der Waals surface area contributed by atoms with Crippen LogP contribution in [0.4, 0.5) is 8.78 Å². The molecule has 1 spiro atoms. The number of hydrogen-bond acceptors (Lipinski definition) is 3. The second-order valence-corrected chi connectivity index (χ2v) is 7.13. The Morgan fingerprint density at radius 3 is 2.62 bits per heavy atom. The number of β-amino-alcohol motifs (C(OH)–C–C–N with tert-alkyl or cyclic N) is 1. The summed E-state index contributed by atoms with van der Waals surface area (Å²) in [5, 5.41) is 10.2. The van der Waals surface area contributed by atoms with E-state index in [1.54, 1.807) is 0 Å². The monoisotopic (exact) mass is 337 g/mol. The molecule has 1 heterocycles. The van der Waals surface area contributed by atoms with Crippen LogP contribution in [0.2, 0.25) is 0 Å². The fourth-order valence-electron chi connectivity index (χ4n) is 3.79. The summed E-state index contributed by atoms with van der Waals surface area (Å²) in [5.74, 6) is -1.52. The molecule has 130 valence electrons. The third kappa shape index (κ3) is 2.95. The van der Waals surface area contributed by atoms with Crippen LogP contribution < -0.4 is 0 Å². The SMILES string of the molecule is CC1CCC2(CC1)CC(=O)N(CC(O)c1cc(F)ccc1F)C2=O. The molecule has 3 rings (SSSR count). The Hall–Kier alpha value is -1.82. The number of amides is 2. The van der Waals surface area contributed by atoms with E-state index in [0.29, 0.717) is 18.8 Å². The first-order valence-corrected chi connectivity index (χ1v) is 8.30. The summed E-state index contributed by atoms with van der Waals surface area (Å²) < 4.78 is 27.0. The predicted octanol–water partition coefficient (Wildman–Crippen LogP) is 2.95. The fourth-order valence-corrected chi connectivity index (χ4v) is 3.79. The quantitative estimate of drug-likeness (QED) is 0.863. The minimum atomic E-state index is -1.44. The minimum absolute atomic E-state index is 0.150. The number of hydrogen-bond donors (Lipinski definition) is 1. The molecule has 24 heavy (non-hydrogen) atoms. The predicted molar refractivity (Wildman–Crippen MR) is 82.7 cm³/mol. The molecule has 2 aliphatic rings. The number of imide groups is 1. The Bertz CT molecular complexity index is 668. The van der Waals surface area contributed by atoms with Gasteiger partial charge in [-0.25, -0.2) is 8.78 Å². The van der Waals surface area contributed by atoms with Gasteiger partial charge in [-0.2, -0.15) is 0 Å². The van der Waals surface area contributed by atoms with Crippen molar-refractivity contribution in [3.63, 3.8) is 0 Å². The van der Waals surface area contributed by atoms with Gasteiger partial charge in [-0.05, 0) is 49.8 Å². The van der Waals surface area contributed by atoms with Gasteiger partial charge in [-0.3, -0.25) is 14.5 Å². The zero-order valence-corrected chi connectivity index (χ0v) is 13.6. The molecule has 6 heteroatoms. The van der Waals surface area contributed by atoms with Crippen LogP contribution in [-0.2, 0) is 9.59 Å². The molecule has 1 saturated heterocycles. The van der Waals surface area contributed by atoms with Crippen molar-refractivity contribution in [1.82, 2.24) is 4.90 Å². The molecular weight excluding hydrogens is 316 g/mol. The van der Waals surface area contributed by atoms with E-state index < -0.39 is 23.2 Å². The van der Waals surface area contributed by atoms with E-state index in [-0.39, 0.29) is 30.3 Å². The van der Waals surface area contributed by atoms with Gasteiger partial charge in [-0.1, -0.05) is 6.92 Å². The number of carbonyl (C=O) groups excluding carboxylic acids is 2. The van der Waals surface area contributed by atoms with Gasteiger partial charge < -0.3 is 5.11 Å². The van der Waals surface area contributed by atoms with Crippen LogP contribution in [0.15, 0.2) is 18.2 Å². The number of aliphatic hydroxyl groups excluding tert-OH is 1. The highest BCUT2D eigenvalue weighted by Crippen LogP contribution is 2.47. The molecule has 1 N–H and O–H groups in total. The van der Waals surface area contributed by atoms with Gasteiger partial charge in [0.1, 0.15) is 11.6 Å². The summed E-state index contributed by atoms with van der Waals surface area (Å²) in [6.07, 6.45) is 1.84. The molecule has 1 aromatic rings. The molecule has 4 nitrogen and oxygen atoms in total. The van der Waals surface area contributed by atoms with E-state index in [1.165, 1.54) is 0 Å². The minimum Gasteiger partial charge on any atom is -0.386 e. The number of nitrogens with zero attached hydrogens (tertiary/aromatic N) is 1. The second-order valence-electron chi connectivity index (χ2n) is 7.13. The standard InChI is InChI=1S/C18H21F2NO3/c1-11-4-6-18(7-5-11)9-16(23)21(17(18)24)10-15(22)13-8-12(19)2-3-14(13)20/h2-3,8,11,15,22H,4-7,9-10H2,1H3. The highest BCUT2D eigenvalue weighted by atomic mass is 19.1. The summed E-state index contributed by atoms with van der Waals surface area (Å²) >= 11 is 0. The van der Waals surface area contributed by atoms with E-state index in [1.807, 2.05) is 0 Å². The Morgan fingerprint density at radius 1 is 1.29 bits per heavy atom. The Balaban J connectivity index is 1.76. The lowest BCUT2D eigenvalue weighted by atomic mass is 9.70. The van der Waals surface area contributed by atoms with Crippen molar-refractivity contribution >= 4 is 11.8 Å². The molecule has 0 aromatic heterocycles. The lowest BCUT2D eigenvalue weighted by molar-refractivity contribution is -0.144. The molecule has 0 radical (unpaired) electrons. The number of benzene rings is 1. The van der Waals surface area contributed by atoms with Gasteiger partial charge in [0.05, 0.1) is 18.1 Å². The summed E-state index contributed by atoms with van der Waals surface area (Å²) in [4.78, 5) is 26.0. The maximum absolute atomic E-state index is 13.8. The molecule has 1 aliphatic carbocycles. The molecule has 1 unspecified atom stereocenters. The zero-order chi connectivity index (χ0) is 17.5. The highest BCUT2D eigenvalue weighted by Gasteiger charge is 2.52. The molecule has 1 saturated carbocycles. The average molecular weight is 337 g/mol. The van der Waals surface area contributed by atoms with Crippen molar-refractivity contribution < 1.29 is 23.5 Å². The molecule has 2 fully saturated rings. The van der Waals surface area contributed by atoms with Gasteiger partial charge in [0.2, 0.25) is 11.8 Å². The molecule has 2 amide bonds. The summed E-state index contributed by atoms with van der Waals surface area (Å²) in [6.45, 7) is 1.79. The number of likely N-dealkylation sites (tertiary alicyclic amines) is 1. The van der Waals surface area contributed by atoms with Crippen molar-refractivity contribution in [2.75, 3.05) is 6.54 Å². The summed E-state index contributed by atoms with van der Waals surface area (Å²) in [5.41, 5.74) is -0.905. The number of aliphatic hydroxyl groups is 1. The van der Waals surface area contributed by atoms with Crippen molar-refractivity contribution in [1.29, 1.82) is 0 Å². The first kappa shape index (κ1) is 17.0. The molecular formula is C18H21F2NO3. The Labute approximate surface area is 139 Å². The summed E-state index contributed by atoms with van der Waals surface area (Å²) in [7, 11) is 0. The van der Waals surface area contributed by atoms with Crippen molar-refractivity contribution in [2.45, 2.75) is 45.1 Å². The normalized spacial score (nSPS) is 28.7. The van der Waals surface area contributed by atoms with Crippen LogP contribution in [0, 0.1) is 23.0 Å². The van der Waals surface area contributed by atoms with Crippen LogP contribution in [-0.4, -0.2) is 28.4 Å². The topological polar surface area (TPSA) is 57.6 Å². The molecule has 1 atom stereocenters. The largest absolute Gasteiger partial charge is 0.386 e. The third-order valence-electron chi connectivity index (χ3n) is 5.39. The fraction of sp³-hybridized carbons (Fsp3) is 0.556. The Kier molecular flexibility index (Phi) is 4.42. The third-order valence-corrected chi connectivity index (χ3v) is 5.39. The van der Waals surface area contributed by atoms with E-state index in [0.717, 1.165) is 35.9 Å². The number of rotatable bonds is 3. The zero-order valence-electron chi connectivity index (χ0n) is 13.6. The van der Waals surface area contributed by atoms with Crippen LogP contribution >= 0.6 is 0 Å². The van der Waals surface area contributed by atoms with Crippen LogP contribution in [0.5, 0.6) is 0 Å². The van der Waals surface area contributed by atoms with E-state index in [4.69, 9.17) is 0 Å². The van der Waals surface area contributed by atoms with Crippen molar-refractivity contribution in [3.8, 4) is 0 Å². The Morgan fingerprint density at radius 2 is 1.96 bits per heavy atom. The van der Waals surface area contributed by atoms with Crippen molar-refractivity contribution in [3.05, 3.63) is 35.4 Å². The van der Waals surface area contributed by atoms with Crippen molar-refractivity contribution in [2.24, 2.45) is 11.3 Å². The van der Waals surface area contributed by atoms with Crippen LogP contribution in [0.1, 0.15) is 50.7 Å². The lowest BCUT2D eigenvalue weighted by Crippen LogP contribution is -2.39. The number of halogens is 2. The van der Waals surface area contributed by atoms with Gasteiger partial charge in [0.25, 0.3) is 0 Å². The smallest absolute Gasteiger partial charge is 0.236 e. The maximum atomic E-state index is 13.8. The first-order chi connectivity index (χ1) is 11.3. The molecule has 1 aliphatic heterocycles. The second kappa shape index (κ2) is 6.24. The average Bonchev–Trinajstić information content (AvgIpc) is 2.77. The number of carbonyl (C=O) groups is 2. The van der Waals surface area contributed by atoms with E-state index in [9.17, 15) is 23.5 Å². The maximum Gasteiger partial charge on any atom is 0.236 e. The summed E-state index contributed by atoms with van der Waals surface area (Å²) in [6, 6.07) is 2.77. The first-order valence-electron chi connectivity index (χ1n) is 8.30. The lowest BCUT2D eigenvalue weighted by Gasteiger charge is -2.33. The van der Waals surface area contributed by atoms with Gasteiger partial charge in [-0.15, -0.1) is 0 Å². The van der Waals surface area contributed by atoms with E-state index in [2.05, 4.69) is 6.92 Å². The molecule has 0 bridgehead atoms. The molecule has 1 aromatic carbocycles.